The number of nitrogens with one attached hydrogen (secondary N) is 1. The van der Waals surface area contributed by atoms with Crippen LogP contribution < -0.4 is 10.1 Å². The molecule has 1 aliphatic rings. The molecule has 1 fully saturated rings. The first-order valence-corrected chi connectivity index (χ1v) is 7.48. The van der Waals surface area contributed by atoms with Crippen molar-refractivity contribution >= 4 is 17.3 Å². The maximum atomic E-state index is 12.4. The fourth-order valence-electron chi connectivity index (χ4n) is 2.53. The van der Waals surface area contributed by atoms with E-state index in [2.05, 4.69) is 22.2 Å². The van der Waals surface area contributed by atoms with Gasteiger partial charge in [-0.2, -0.15) is 0 Å². The van der Waals surface area contributed by atoms with Crippen LogP contribution >= 0.6 is 0 Å². The summed E-state index contributed by atoms with van der Waals surface area (Å²) in [6.45, 7) is 5.42. The van der Waals surface area contributed by atoms with Gasteiger partial charge in [-0.05, 0) is 20.0 Å². The van der Waals surface area contributed by atoms with Crippen molar-refractivity contribution in [1.29, 1.82) is 0 Å². The minimum Gasteiger partial charge on any atom is -0.490 e. The molecule has 0 radical (unpaired) electrons. The van der Waals surface area contributed by atoms with Crippen molar-refractivity contribution in [3.05, 3.63) is 28.3 Å². The highest BCUT2D eigenvalue weighted by atomic mass is 16.6. The number of methoxy groups -OCH3 is 1. The monoisotopic (exact) mass is 322 g/mol. The van der Waals surface area contributed by atoms with E-state index in [1.165, 1.54) is 25.3 Å². The molecule has 1 amide bonds. The number of nitrogens with zero attached hydrogens (tertiary/aromatic N) is 3. The van der Waals surface area contributed by atoms with Crippen molar-refractivity contribution < 1.29 is 14.5 Å². The van der Waals surface area contributed by atoms with Crippen molar-refractivity contribution in [2.75, 3.05) is 45.7 Å². The second-order valence-corrected chi connectivity index (χ2v) is 5.65. The van der Waals surface area contributed by atoms with Gasteiger partial charge in [-0.1, -0.05) is 0 Å². The number of likely N-dealkylation sites (N-methyl/N-ethyl adjacent to an activating group) is 1. The van der Waals surface area contributed by atoms with E-state index in [9.17, 15) is 14.9 Å². The van der Waals surface area contributed by atoms with E-state index in [1.54, 1.807) is 0 Å². The molecule has 1 unspecified atom stereocenters. The van der Waals surface area contributed by atoms with Crippen LogP contribution in [0.5, 0.6) is 5.75 Å². The Morgan fingerprint density at radius 2 is 2.00 bits per heavy atom. The number of nitro benzene ring substituents is 1. The largest absolute Gasteiger partial charge is 0.490 e. The molecule has 23 heavy (non-hydrogen) atoms. The van der Waals surface area contributed by atoms with Gasteiger partial charge in [-0.3, -0.25) is 19.8 Å². The summed E-state index contributed by atoms with van der Waals surface area (Å²) in [6, 6.07) is 4.04. The van der Waals surface area contributed by atoms with Gasteiger partial charge in [0.05, 0.1) is 18.1 Å². The lowest BCUT2D eigenvalue weighted by atomic mass is 10.2. The minimum absolute atomic E-state index is 0.125. The predicted molar refractivity (Wildman–Crippen MR) is 86.8 cm³/mol. The number of ether oxygens (including phenoxy) is 1. The standard InChI is InChI=1S/C15H22N4O4/c1-11(18-8-6-17(2)7-9-18)15(20)16-12-4-5-13(19(21)22)14(10-12)23-3/h4-5,10-11H,6-9H2,1-3H3,(H,16,20). The quantitative estimate of drug-likeness (QED) is 0.647. The third kappa shape index (κ3) is 4.17. The van der Waals surface area contributed by atoms with Gasteiger partial charge >= 0.3 is 5.69 Å². The van der Waals surface area contributed by atoms with Crippen LogP contribution in [-0.4, -0.2) is 67.0 Å². The van der Waals surface area contributed by atoms with Crippen molar-refractivity contribution in [3.8, 4) is 5.75 Å². The van der Waals surface area contributed by atoms with Crippen LogP contribution in [-0.2, 0) is 4.79 Å². The number of hydrogen-bond donors (Lipinski definition) is 1. The number of benzene rings is 1. The van der Waals surface area contributed by atoms with E-state index in [-0.39, 0.29) is 23.4 Å². The molecular formula is C15H22N4O4. The van der Waals surface area contributed by atoms with Gasteiger partial charge in [0.25, 0.3) is 0 Å². The summed E-state index contributed by atoms with van der Waals surface area (Å²) >= 11 is 0. The highest BCUT2D eigenvalue weighted by Gasteiger charge is 2.25. The number of nitro groups is 1. The molecule has 126 valence electrons. The zero-order valence-electron chi connectivity index (χ0n) is 13.6. The summed E-state index contributed by atoms with van der Waals surface area (Å²) < 4.78 is 5.01. The summed E-state index contributed by atoms with van der Waals surface area (Å²) in [6.07, 6.45) is 0. The van der Waals surface area contributed by atoms with Crippen LogP contribution in [0, 0.1) is 10.1 Å². The summed E-state index contributed by atoms with van der Waals surface area (Å²) in [5.74, 6) is -0.00879. The third-order valence-electron chi connectivity index (χ3n) is 4.11. The first kappa shape index (κ1) is 17.2. The van der Waals surface area contributed by atoms with Crippen LogP contribution in [0.2, 0.25) is 0 Å². The van der Waals surface area contributed by atoms with E-state index in [0.717, 1.165) is 26.2 Å². The van der Waals surface area contributed by atoms with E-state index >= 15 is 0 Å². The van der Waals surface area contributed by atoms with Crippen LogP contribution in [0.4, 0.5) is 11.4 Å². The number of hydrogen-bond acceptors (Lipinski definition) is 6. The second kappa shape index (κ2) is 7.38. The lowest BCUT2D eigenvalue weighted by Crippen LogP contribution is -2.51. The van der Waals surface area contributed by atoms with Crippen molar-refractivity contribution in [1.82, 2.24) is 9.80 Å². The molecule has 1 saturated heterocycles. The Kier molecular flexibility index (Phi) is 5.51. The van der Waals surface area contributed by atoms with Crippen molar-refractivity contribution in [2.45, 2.75) is 13.0 Å². The van der Waals surface area contributed by atoms with E-state index in [0.29, 0.717) is 5.69 Å². The molecule has 0 bridgehead atoms. The molecule has 8 nitrogen and oxygen atoms in total. The fraction of sp³-hybridized carbons (Fsp3) is 0.533. The molecule has 2 rings (SSSR count). The summed E-state index contributed by atoms with van der Waals surface area (Å²) in [5.41, 5.74) is 0.357. The van der Waals surface area contributed by atoms with Gasteiger partial charge in [0.15, 0.2) is 5.75 Å². The molecule has 1 atom stereocenters. The fourth-order valence-corrected chi connectivity index (χ4v) is 2.53. The van der Waals surface area contributed by atoms with Gasteiger partial charge in [0.1, 0.15) is 0 Å². The highest BCUT2D eigenvalue weighted by molar-refractivity contribution is 5.94. The molecule has 1 N–H and O–H groups in total. The number of rotatable bonds is 5. The van der Waals surface area contributed by atoms with Crippen LogP contribution in [0.15, 0.2) is 18.2 Å². The molecule has 1 aromatic carbocycles. The van der Waals surface area contributed by atoms with Gasteiger partial charge in [0, 0.05) is 44.0 Å². The van der Waals surface area contributed by atoms with Crippen LogP contribution in [0.1, 0.15) is 6.92 Å². The van der Waals surface area contributed by atoms with E-state index < -0.39 is 4.92 Å². The highest BCUT2D eigenvalue weighted by Crippen LogP contribution is 2.29. The molecule has 1 aliphatic heterocycles. The first-order valence-electron chi connectivity index (χ1n) is 7.48. The Balaban J connectivity index is 2.03. The van der Waals surface area contributed by atoms with Gasteiger partial charge < -0.3 is 15.0 Å². The maximum absolute atomic E-state index is 12.4. The molecule has 0 saturated carbocycles. The Morgan fingerprint density at radius 1 is 1.35 bits per heavy atom. The molecule has 1 heterocycles. The maximum Gasteiger partial charge on any atom is 0.311 e. The number of piperazine rings is 1. The van der Waals surface area contributed by atoms with Gasteiger partial charge in [-0.15, -0.1) is 0 Å². The molecule has 8 heteroatoms. The van der Waals surface area contributed by atoms with E-state index in [1.807, 2.05) is 6.92 Å². The minimum atomic E-state index is -0.517. The zero-order valence-corrected chi connectivity index (χ0v) is 13.6. The van der Waals surface area contributed by atoms with Crippen LogP contribution in [0.25, 0.3) is 0 Å². The summed E-state index contributed by atoms with van der Waals surface area (Å²) in [7, 11) is 3.42. The Morgan fingerprint density at radius 3 is 2.57 bits per heavy atom. The molecule has 0 aliphatic carbocycles. The van der Waals surface area contributed by atoms with Crippen molar-refractivity contribution in [2.24, 2.45) is 0 Å². The van der Waals surface area contributed by atoms with Crippen molar-refractivity contribution in [3.63, 3.8) is 0 Å². The first-order chi connectivity index (χ1) is 10.9. The third-order valence-corrected chi connectivity index (χ3v) is 4.11. The normalized spacial score (nSPS) is 17.5. The number of amides is 1. The molecular weight excluding hydrogens is 300 g/mol. The SMILES string of the molecule is COc1cc(NC(=O)C(C)N2CCN(C)CC2)ccc1[N+](=O)[O-]. The van der Waals surface area contributed by atoms with Crippen LogP contribution in [0.3, 0.4) is 0 Å². The average Bonchev–Trinajstić information content (AvgIpc) is 2.54. The second-order valence-electron chi connectivity index (χ2n) is 5.65. The predicted octanol–water partition coefficient (Wildman–Crippen LogP) is 1.18. The Labute approximate surface area is 135 Å². The topological polar surface area (TPSA) is 88.0 Å². The Hall–Kier alpha value is -2.19. The van der Waals surface area contributed by atoms with E-state index in [4.69, 9.17) is 4.74 Å². The number of carbonyl (C=O) groups excluding carboxylic acids is 1. The van der Waals surface area contributed by atoms with Gasteiger partial charge in [-0.25, -0.2) is 0 Å². The summed E-state index contributed by atoms with van der Waals surface area (Å²) in [5, 5.41) is 13.7. The molecule has 0 spiro atoms. The zero-order chi connectivity index (χ0) is 17.0. The smallest absolute Gasteiger partial charge is 0.311 e. The summed E-state index contributed by atoms with van der Waals surface area (Å²) in [4.78, 5) is 27.1. The molecule has 1 aromatic rings. The number of carbonyl (C=O) groups is 1. The average molecular weight is 322 g/mol. The lowest BCUT2D eigenvalue weighted by Gasteiger charge is -2.35. The molecule has 0 aromatic heterocycles. The van der Waals surface area contributed by atoms with Gasteiger partial charge in [0.2, 0.25) is 5.91 Å². The lowest BCUT2D eigenvalue weighted by molar-refractivity contribution is -0.385. The Bertz CT molecular complexity index is 585. The number of anilines is 1.